The van der Waals surface area contributed by atoms with Gasteiger partial charge in [-0.1, -0.05) is 65.7 Å². The van der Waals surface area contributed by atoms with E-state index in [1.165, 1.54) is 90.4 Å². The van der Waals surface area contributed by atoms with Crippen molar-refractivity contribution in [1.82, 2.24) is 10.2 Å². The highest BCUT2D eigenvalue weighted by Gasteiger charge is 2.37. The van der Waals surface area contributed by atoms with E-state index in [2.05, 4.69) is 31.0 Å². The van der Waals surface area contributed by atoms with Crippen LogP contribution >= 0.6 is 0 Å². The van der Waals surface area contributed by atoms with Crippen LogP contribution in [0, 0.1) is 0 Å². The summed E-state index contributed by atoms with van der Waals surface area (Å²) in [6, 6.07) is 0. The number of piperazine rings is 1. The minimum atomic E-state index is 0.470. The zero-order valence-corrected chi connectivity index (χ0v) is 14.3. The van der Waals surface area contributed by atoms with Crippen LogP contribution in [0.3, 0.4) is 0 Å². The van der Waals surface area contributed by atoms with Crippen molar-refractivity contribution in [3.8, 4) is 0 Å². The van der Waals surface area contributed by atoms with Crippen LogP contribution in [0.2, 0.25) is 0 Å². The normalized spacial score (nSPS) is 19.4. The van der Waals surface area contributed by atoms with Gasteiger partial charge in [0.2, 0.25) is 0 Å². The van der Waals surface area contributed by atoms with Crippen LogP contribution in [0.4, 0.5) is 0 Å². The third kappa shape index (κ3) is 5.73. The van der Waals surface area contributed by atoms with Gasteiger partial charge in [-0.15, -0.1) is 0 Å². The van der Waals surface area contributed by atoms with E-state index in [9.17, 15) is 0 Å². The fourth-order valence-corrected chi connectivity index (χ4v) is 3.61. The molecule has 0 spiro atoms. The molecule has 0 atom stereocenters. The van der Waals surface area contributed by atoms with Crippen molar-refractivity contribution in [2.45, 2.75) is 90.5 Å². The van der Waals surface area contributed by atoms with Gasteiger partial charge >= 0.3 is 0 Å². The molecule has 0 aromatic rings. The van der Waals surface area contributed by atoms with Crippen molar-refractivity contribution in [1.29, 1.82) is 0 Å². The van der Waals surface area contributed by atoms with Crippen molar-refractivity contribution in [2.24, 2.45) is 0 Å². The van der Waals surface area contributed by atoms with Gasteiger partial charge in [0.25, 0.3) is 0 Å². The lowest BCUT2D eigenvalue weighted by molar-refractivity contribution is 0.0386. The Hall–Kier alpha value is -0.0800. The van der Waals surface area contributed by atoms with E-state index >= 15 is 0 Å². The lowest BCUT2D eigenvalue weighted by atomic mass is 9.83. The maximum Gasteiger partial charge on any atom is 0.0334 e. The molecule has 120 valence electrons. The van der Waals surface area contributed by atoms with Gasteiger partial charge in [-0.3, -0.25) is 4.90 Å². The maximum atomic E-state index is 3.69. The van der Waals surface area contributed by atoms with Crippen molar-refractivity contribution in [3.05, 3.63) is 0 Å². The molecular formula is C18H38N2. The number of unbranched alkanes of at least 4 members (excludes halogenated alkanes) is 5. The molecule has 2 heteroatoms. The van der Waals surface area contributed by atoms with Crippen LogP contribution in [0.1, 0.15) is 85.0 Å². The molecule has 1 fully saturated rings. The third-order valence-electron chi connectivity index (χ3n) is 4.96. The van der Waals surface area contributed by atoms with Crippen LogP contribution < -0.4 is 5.32 Å². The van der Waals surface area contributed by atoms with Crippen LogP contribution in [0.15, 0.2) is 0 Å². The lowest BCUT2D eigenvalue weighted by Crippen LogP contribution is -2.61. The Labute approximate surface area is 127 Å². The summed E-state index contributed by atoms with van der Waals surface area (Å²) in [5.74, 6) is 0. The number of hydrogen-bond donors (Lipinski definition) is 1. The van der Waals surface area contributed by atoms with E-state index in [0.29, 0.717) is 5.54 Å². The Morgan fingerprint density at radius 2 is 1.45 bits per heavy atom. The van der Waals surface area contributed by atoms with Gasteiger partial charge in [0.15, 0.2) is 0 Å². The molecule has 0 radical (unpaired) electrons. The Morgan fingerprint density at radius 1 is 0.850 bits per heavy atom. The fraction of sp³-hybridized carbons (Fsp3) is 1.00. The molecule has 0 aliphatic carbocycles. The molecule has 0 saturated carbocycles. The molecule has 0 amide bonds. The Morgan fingerprint density at radius 3 is 2.00 bits per heavy atom. The molecule has 2 nitrogen and oxygen atoms in total. The predicted molar refractivity (Wildman–Crippen MR) is 90.4 cm³/mol. The summed E-state index contributed by atoms with van der Waals surface area (Å²) < 4.78 is 0. The number of rotatable bonds is 11. The highest BCUT2D eigenvalue weighted by molar-refractivity contribution is 4.96. The van der Waals surface area contributed by atoms with Gasteiger partial charge in [-0.2, -0.15) is 0 Å². The summed E-state index contributed by atoms with van der Waals surface area (Å²) in [6.45, 7) is 11.9. The summed E-state index contributed by atoms with van der Waals surface area (Å²) in [5.41, 5.74) is 0.470. The van der Waals surface area contributed by atoms with Crippen molar-refractivity contribution in [2.75, 3.05) is 26.2 Å². The maximum absolute atomic E-state index is 3.69. The quantitative estimate of drug-likeness (QED) is 0.558. The summed E-state index contributed by atoms with van der Waals surface area (Å²) in [7, 11) is 0. The molecule has 1 aliphatic rings. The summed E-state index contributed by atoms with van der Waals surface area (Å²) in [5, 5.41) is 3.69. The SMILES string of the molecule is CCCCCC1(CCCCC)CNCCN1CCCC. The topological polar surface area (TPSA) is 15.3 Å². The van der Waals surface area contributed by atoms with E-state index in [1.807, 2.05) is 0 Å². The van der Waals surface area contributed by atoms with E-state index in [1.54, 1.807) is 0 Å². The first-order valence-electron chi connectivity index (χ1n) is 9.25. The monoisotopic (exact) mass is 282 g/mol. The van der Waals surface area contributed by atoms with E-state index < -0.39 is 0 Å². The van der Waals surface area contributed by atoms with Crippen molar-refractivity contribution >= 4 is 0 Å². The van der Waals surface area contributed by atoms with Crippen LogP contribution in [0.25, 0.3) is 0 Å². The van der Waals surface area contributed by atoms with Crippen LogP contribution in [-0.4, -0.2) is 36.6 Å². The Balaban J connectivity index is 2.63. The highest BCUT2D eigenvalue weighted by atomic mass is 15.3. The van der Waals surface area contributed by atoms with Gasteiger partial charge in [0.1, 0.15) is 0 Å². The average molecular weight is 283 g/mol. The second kappa shape index (κ2) is 10.6. The summed E-state index contributed by atoms with van der Waals surface area (Å²) in [4.78, 5) is 2.85. The first-order valence-corrected chi connectivity index (χ1v) is 9.25. The second-order valence-corrected chi connectivity index (χ2v) is 6.66. The minimum Gasteiger partial charge on any atom is -0.314 e. The third-order valence-corrected chi connectivity index (χ3v) is 4.96. The Kier molecular flexibility index (Phi) is 9.54. The largest absolute Gasteiger partial charge is 0.314 e. The van der Waals surface area contributed by atoms with Crippen molar-refractivity contribution in [3.63, 3.8) is 0 Å². The van der Waals surface area contributed by atoms with Gasteiger partial charge in [0, 0.05) is 25.2 Å². The molecule has 1 saturated heterocycles. The predicted octanol–water partition coefficient (Wildman–Crippen LogP) is 4.59. The van der Waals surface area contributed by atoms with Crippen LogP contribution in [-0.2, 0) is 0 Å². The Bertz CT molecular complexity index is 217. The number of nitrogens with one attached hydrogen (secondary N) is 1. The van der Waals surface area contributed by atoms with Gasteiger partial charge in [-0.25, -0.2) is 0 Å². The average Bonchev–Trinajstić information content (AvgIpc) is 2.47. The second-order valence-electron chi connectivity index (χ2n) is 6.66. The minimum absolute atomic E-state index is 0.470. The highest BCUT2D eigenvalue weighted by Crippen LogP contribution is 2.30. The van der Waals surface area contributed by atoms with Gasteiger partial charge in [-0.05, 0) is 25.8 Å². The molecule has 1 rings (SSSR count). The number of nitrogens with zero attached hydrogens (tertiary/aromatic N) is 1. The zero-order chi connectivity index (χ0) is 14.7. The first-order chi connectivity index (χ1) is 9.79. The zero-order valence-electron chi connectivity index (χ0n) is 14.3. The molecule has 1 N–H and O–H groups in total. The number of hydrogen-bond acceptors (Lipinski definition) is 2. The lowest BCUT2D eigenvalue weighted by Gasteiger charge is -2.48. The molecule has 0 unspecified atom stereocenters. The smallest absolute Gasteiger partial charge is 0.0334 e. The summed E-state index contributed by atoms with van der Waals surface area (Å²) in [6.07, 6.45) is 13.8. The fourth-order valence-electron chi connectivity index (χ4n) is 3.61. The standard InChI is InChI=1S/C18H38N2/c1-4-7-10-12-18(13-11-8-5-2)17-19-14-16-20(18)15-9-6-3/h19H,4-17H2,1-3H3. The van der Waals surface area contributed by atoms with Crippen LogP contribution in [0.5, 0.6) is 0 Å². The van der Waals surface area contributed by atoms with E-state index in [0.717, 1.165) is 0 Å². The summed E-state index contributed by atoms with van der Waals surface area (Å²) >= 11 is 0. The molecule has 0 aromatic heterocycles. The molecule has 1 aliphatic heterocycles. The van der Waals surface area contributed by atoms with E-state index in [4.69, 9.17) is 0 Å². The first kappa shape index (κ1) is 18.0. The van der Waals surface area contributed by atoms with Gasteiger partial charge in [0.05, 0.1) is 0 Å². The molecule has 20 heavy (non-hydrogen) atoms. The molecule has 0 aromatic carbocycles. The van der Waals surface area contributed by atoms with Gasteiger partial charge < -0.3 is 5.32 Å². The van der Waals surface area contributed by atoms with E-state index in [-0.39, 0.29) is 0 Å². The molecular weight excluding hydrogens is 244 g/mol. The molecule has 1 heterocycles. The van der Waals surface area contributed by atoms with Crippen molar-refractivity contribution < 1.29 is 0 Å². The molecule has 0 bridgehead atoms.